The van der Waals surface area contributed by atoms with Gasteiger partial charge in [0.25, 0.3) is 5.91 Å². The molecule has 0 radical (unpaired) electrons. The van der Waals surface area contributed by atoms with Crippen LogP contribution in [0, 0.1) is 0 Å². The predicted octanol–water partition coefficient (Wildman–Crippen LogP) is 2.98. The number of pyridine rings is 2. The summed E-state index contributed by atoms with van der Waals surface area (Å²) < 4.78 is 0. The third-order valence-corrected chi connectivity index (χ3v) is 3.64. The molecule has 108 valence electrons. The Kier molecular flexibility index (Phi) is 4.01. The van der Waals surface area contributed by atoms with E-state index in [9.17, 15) is 4.79 Å². The Balaban J connectivity index is 1.83. The number of nitrogens with zero attached hydrogens (tertiary/aromatic N) is 3. The van der Waals surface area contributed by atoms with Crippen molar-refractivity contribution in [2.75, 3.05) is 23.3 Å². The Labute approximate surface area is 128 Å². The lowest BCUT2D eigenvalue weighted by atomic mass is 10.2. The minimum absolute atomic E-state index is 0.215. The average Bonchev–Trinajstić information content (AvgIpc) is 3.02. The van der Waals surface area contributed by atoms with E-state index in [0.29, 0.717) is 10.7 Å². The summed E-state index contributed by atoms with van der Waals surface area (Å²) in [7, 11) is 0. The monoisotopic (exact) mass is 302 g/mol. The van der Waals surface area contributed by atoms with Crippen molar-refractivity contribution in [2.45, 2.75) is 12.8 Å². The van der Waals surface area contributed by atoms with Crippen molar-refractivity contribution < 1.29 is 4.79 Å². The van der Waals surface area contributed by atoms with Crippen LogP contribution in [0.5, 0.6) is 0 Å². The molecular formula is C15H15ClN4O. The molecule has 2 aromatic heterocycles. The smallest absolute Gasteiger partial charge is 0.255 e. The average molecular weight is 303 g/mol. The zero-order valence-corrected chi connectivity index (χ0v) is 12.2. The molecule has 0 bridgehead atoms. The van der Waals surface area contributed by atoms with E-state index in [1.54, 1.807) is 18.3 Å². The molecule has 3 rings (SSSR count). The van der Waals surface area contributed by atoms with Crippen LogP contribution >= 0.6 is 11.6 Å². The quantitative estimate of drug-likeness (QED) is 0.886. The molecule has 3 heterocycles. The van der Waals surface area contributed by atoms with Crippen molar-refractivity contribution in [3.63, 3.8) is 0 Å². The molecule has 1 fully saturated rings. The fourth-order valence-electron chi connectivity index (χ4n) is 2.41. The Morgan fingerprint density at radius 2 is 2.00 bits per heavy atom. The van der Waals surface area contributed by atoms with Crippen LogP contribution in [0.1, 0.15) is 23.2 Å². The van der Waals surface area contributed by atoms with E-state index in [4.69, 9.17) is 11.6 Å². The molecule has 1 aliphatic rings. The lowest BCUT2D eigenvalue weighted by molar-refractivity contribution is 0.102. The first-order chi connectivity index (χ1) is 10.2. The highest BCUT2D eigenvalue weighted by atomic mass is 35.5. The normalized spacial score (nSPS) is 14.2. The largest absolute Gasteiger partial charge is 0.355 e. The van der Waals surface area contributed by atoms with Gasteiger partial charge in [-0.3, -0.25) is 4.79 Å². The summed E-state index contributed by atoms with van der Waals surface area (Å²) in [6, 6.07) is 6.85. The number of hydrogen-bond donors (Lipinski definition) is 1. The van der Waals surface area contributed by atoms with E-state index >= 15 is 0 Å². The van der Waals surface area contributed by atoms with Crippen molar-refractivity contribution in [2.24, 2.45) is 0 Å². The lowest BCUT2D eigenvalue weighted by Gasteiger charge is -2.19. The molecule has 0 spiro atoms. The fraction of sp³-hybridized carbons (Fsp3) is 0.267. The van der Waals surface area contributed by atoms with Crippen LogP contribution in [0.25, 0.3) is 0 Å². The number of rotatable bonds is 3. The maximum absolute atomic E-state index is 12.3. The summed E-state index contributed by atoms with van der Waals surface area (Å²) >= 11 is 5.82. The molecular weight excluding hydrogens is 288 g/mol. The van der Waals surface area contributed by atoms with Crippen molar-refractivity contribution in [1.29, 1.82) is 0 Å². The van der Waals surface area contributed by atoms with Gasteiger partial charge in [0.1, 0.15) is 5.15 Å². The molecule has 1 aliphatic heterocycles. The van der Waals surface area contributed by atoms with Gasteiger partial charge in [0.15, 0.2) is 5.82 Å². The fourth-order valence-corrected chi connectivity index (χ4v) is 2.59. The van der Waals surface area contributed by atoms with Crippen LogP contribution in [0.15, 0.2) is 36.7 Å². The number of aromatic nitrogens is 2. The molecule has 6 heteroatoms. The van der Waals surface area contributed by atoms with Crippen LogP contribution in [-0.4, -0.2) is 29.0 Å². The number of anilines is 2. The van der Waals surface area contributed by atoms with Crippen molar-refractivity contribution >= 4 is 29.0 Å². The topological polar surface area (TPSA) is 58.1 Å². The zero-order valence-electron chi connectivity index (χ0n) is 11.4. The maximum atomic E-state index is 12.3. The molecule has 1 saturated heterocycles. The second kappa shape index (κ2) is 6.10. The van der Waals surface area contributed by atoms with Gasteiger partial charge in [0.05, 0.1) is 5.69 Å². The molecule has 0 saturated carbocycles. The maximum Gasteiger partial charge on any atom is 0.255 e. The number of carbonyl (C=O) groups is 1. The van der Waals surface area contributed by atoms with E-state index in [1.165, 1.54) is 6.20 Å². The first-order valence-electron chi connectivity index (χ1n) is 6.87. The number of halogens is 1. The number of carbonyl (C=O) groups excluding carboxylic acids is 1. The lowest BCUT2D eigenvalue weighted by Crippen LogP contribution is -2.22. The molecule has 0 atom stereocenters. The highest BCUT2D eigenvalue weighted by Crippen LogP contribution is 2.26. The Morgan fingerprint density at radius 1 is 1.19 bits per heavy atom. The van der Waals surface area contributed by atoms with Gasteiger partial charge in [-0.25, -0.2) is 9.97 Å². The summed E-state index contributed by atoms with van der Waals surface area (Å²) in [5.41, 5.74) is 1.20. The van der Waals surface area contributed by atoms with Crippen LogP contribution in [-0.2, 0) is 0 Å². The van der Waals surface area contributed by atoms with Crippen LogP contribution in [0.3, 0.4) is 0 Å². The summed E-state index contributed by atoms with van der Waals surface area (Å²) in [5, 5.41) is 3.20. The predicted molar refractivity (Wildman–Crippen MR) is 82.9 cm³/mol. The summed E-state index contributed by atoms with van der Waals surface area (Å²) in [5.74, 6) is 0.608. The number of hydrogen-bond acceptors (Lipinski definition) is 4. The molecule has 1 amide bonds. The molecule has 21 heavy (non-hydrogen) atoms. The Hall–Kier alpha value is -2.14. The van der Waals surface area contributed by atoms with Gasteiger partial charge >= 0.3 is 0 Å². The van der Waals surface area contributed by atoms with Gasteiger partial charge in [0.2, 0.25) is 0 Å². The van der Waals surface area contributed by atoms with E-state index in [2.05, 4.69) is 20.2 Å². The molecule has 0 aromatic carbocycles. The van der Waals surface area contributed by atoms with E-state index in [0.717, 1.165) is 37.4 Å². The van der Waals surface area contributed by atoms with E-state index in [-0.39, 0.29) is 5.91 Å². The highest BCUT2D eigenvalue weighted by molar-refractivity contribution is 6.29. The molecule has 5 nitrogen and oxygen atoms in total. The van der Waals surface area contributed by atoms with Crippen molar-refractivity contribution in [3.8, 4) is 0 Å². The van der Waals surface area contributed by atoms with Gasteiger partial charge in [0, 0.05) is 31.0 Å². The van der Waals surface area contributed by atoms with Gasteiger partial charge in [-0.15, -0.1) is 0 Å². The second-order valence-corrected chi connectivity index (χ2v) is 5.28. The standard InChI is InChI=1S/C15H15ClN4O/c16-13-10-11(5-7-17-13)15(21)19-12-4-3-6-18-14(12)20-8-1-2-9-20/h3-7,10H,1-2,8-9H2,(H,19,21). The number of nitrogens with one attached hydrogen (secondary N) is 1. The Morgan fingerprint density at radius 3 is 2.76 bits per heavy atom. The van der Waals surface area contributed by atoms with Gasteiger partial charge in [-0.1, -0.05) is 11.6 Å². The van der Waals surface area contributed by atoms with Gasteiger partial charge in [-0.05, 0) is 37.1 Å². The Bertz CT molecular complexity index is 656. The van der Waals surface area contributed by atoms with Crippen LogP contribution in [0.2, 0.25) is 5.15 Å². The molecule has 0 aliphatic carbocycles. The van der Waals surface area contributed by atoms with Crippen LogP contribution in [0.4, 0.5) is 11.5 Å². The summed E-state index contributed by atoms with van der Waals surface area (Å²) in [6.45, 7) is 1.95. The first-order valence-corrected chi connectivity index (χ1v) is 7.25. The molecule has 2 aromatic rings. The molecule has 0 unspecified atom stereocenters. The second-order valence-electron chi connectivity index (χ2n) is 4.89. The van der Waals surface area contributed by atoms with E-state index in [1.807, 2.05) is 12.1 Å². The van der Waals surface area contributed by atoms with Gasteiger partial charge < -0.3 is 10.2 Å². The van der Waals surface area contributed by atoms with Crippen LogP contribution < -0.4 is 10.2 Å². The third kappa shape index (κ3) is 3.13. The minimum Gasteiger partial charge on any atom is -0.355 e. The van der Waals surface area contributed by atoms with Crippen molar-refractivity contribution in [3.05, 3.63) is 47.4 Å². The third-order valence-electron chi connectivity index (χ3n) is 3.43. The van der Waals surface area contributed by atoms with E-state index < -0.39 is 0 Å². The summed E-state index contributed by atoms with van der Waals surface area (Å²) in [4.78, 5) is 22.8. The highest BCUT2D eigenvalue weighted by Gasteiger charge is 2.18. The molecule has 1 N–H and O–H groups in total. The minimum atomic E-state index is -0.215. The summed E-state index contributed by atoms with van der Waals surface area (Å²) in [6.07, 6.45) is 5.57. The first kappa shape index (κ1) is 13.8. The van der Waals surface area contributed by atoms with Gasteiger partial charge in [-0.2, -0.15) is 0 Å². The van der Waals surface area contributed by atoms with Crippen molar-refractivity contribution in [1.82, 2.24) is 9.97 Å². The number of amides is 1. The SMILES string of the molecule is O=C(Nc1cccnc1N1CCCC1)c1ccnc(Cl)c1. The zero-order chi connectivity index (χ0) is 14.7.